The van der Waals surface area contributed by atoms with Crippen LogP contribution in [0.2, 0.25) is 0 Å². The van der Waals surface area contributed by atoms with E-state index in [1.54, 1.807) is 24.3 Å². The largest absolute Gasteiger partial charge is 0.339 e. The Morgan fingerprint density at radius 1 is 1.12 bits per heavy atom. The lowest BCUT2D eigenvalue weighted by atomic mass is 10.1. The smallest absolute Gasteiger partial charge is 0.319 e. The van der Waals surface area contributed by atoms with Crippen molar-refractivity contribution < 1.29 is 18.0 Å². The maximum atomic E-state index is 12.6. The van der Waals surface area contributed by atoms with Gasteiger partial charge in [0, 0.05) is 37.1 Å². The number of rotatable bonds is 5. The van der Waals surface area contributed by atoms with E-state index in [1.807, 2.05) is 4.90 Å². The van der Waals surface area contributed by atoms with Gasteiger partial charge in [0.1, 0.15) is 9.84 Å². The van der Waals surface area contributed by atoms with Gasteiger partial charge in [-0.2, -0.15) is 0 Å². The molecule has 1 aromatic rings. The second-order valence-corrected chi connectivity index (χ2v) is 8.56. The minimum absolute atomic E-state index is 0.0250. The summed E-state index contributed by atoms with van der Waals surface area (Å²) < 4.78 is 22.1. The molecule has 1 heterocycles. The lowest BCUT2D eigenvalue weighted by Crippen LogP contribution is -2.33. The van der Waals surface area contributed by atoms with Gasteiger partial charge in [-0.05, 0) is 31.0 Å². The number of nitrogens with one attached hydrogen (secondary N) is 2. The molecule has 0 bridgehead atoms. The van der Waals surface area contributed by atoms with Gasteiger partial charge in [0.2, 0.25) is 0 Å². The molecular weight excluding hydrogens is 342 g/mol. The summed E-state index contributed by atoms with van der Waals surface area (Å²) in [5.74, 6) is -0.142. The molecule has 0 spiro atoms. The monoisotopic (exact) mass is 367 g/mol. The van der Waals surface area contributed by atoms with Crippen LogP contribution < -0.4 is 10.6 Å². The summed E-state index contributed by atoms with van der Waals surface area (Å²) in [4.78, 5) is 26.3. The molecule has 25 heavy (non-hydrogen) atoms. The van der Waals surface area contributed by atoms with Crippen molar-refractivity contribution in [3.8, 4) is 0 Å². The summed E-state index contributed by atoms with van der Waals surface area (Å²) >= 11 is 0. The van der Waals surface area contributed by atoms with E-state index >= 15 is 0 Å². The Morgan fingerprint density at radius 3 is 2.44 bits per heavy atom. The van der Waals surface area contributed by atoms with Crippen LogP contribution in [-0.4, -0.2) is 56.9 Å². The van der Waals surface area contributed by atoms with Crippen molar-refractivity contribution in [1.29, 1.82) is 0 Å². The highest BCUT2D eigenvalue weighted by atomic mass is 32.2. The number of sulfone groups is 1. The number of carbonyl (C=O) groups excluding carboxylic acids is 2. The summed E-state index contributed by atoms with van der Waals surface area (Å²) in [5.41, 5.74) is 1.04. The molecule has 1 saturated heterocycles. The van der Waals surface area contributed by atoms with Crippen molar-refractivity contribution >= 4 is 27.5 Å². The number of benzene rings is 1. The predicted molar refractivity (Wildman–Crippen MR) is 97.5 cm³/mol. The number of urea groups is 1. The molecule has 1 fully saturated rings. The molecular formula is C17H25N3O4S. The molecule has 0 saturated carbocycles. The van der Waals surface area contributed by atoms with Crippen molar-refractivity contribution in [1.82, 2.24) is 10.2 Å². The third-order valence-electron chi connectivity index (χ3n) is 4.02. The van der Waals surface area contributed by atoms with Gasteiger partial charge in [-0.3, -0.25) is 4.79 Å². The summed E-state index contributed by atoms with van der Waals surface area (Å²) in [6.07, 6.45) is 5.46. The van der Waals surface area contributed by atoms with E-state index in [0.29, 0.717) is 11.3 Å². The van der Waals surface area contributed by atoms with E-state index in [2.05, 4.69) is 10.6 Å². The molecule has 1 aliphatic rings. The number of nitrogens with zero attached hydrogens (tertiary/aromatic N) is 1. The van der Waals surface area contributed by atoms with Crippen LogP contribution in [0.5, 0.6) is 0 Å². The molecule has 0 aromatic heterocycles. The number of hydrogen-bond acceptors (Lipinski definition) is 4. The van der Waals surface area contributed by atoms with Crippen molar-refractivity contribution in [2.75, 3.05) is 37.0 Å². The standard InChI is InChI=1S/C17H25N3O4S/c1-25(23,24)12-9-18-17(22)19-15-8-6-7-14(13-15)16(21)20-10-4-2-3-5-11-20/h6-8,13H,2-5,9-12H2,1H3,(H2,18,19,22). The molecule has 8 heteroatoms. The Hall–Kier alpha value is -2.09. The number of carbonyl (C=O) groups is 2. The molecule has 2 N–H and O–H groups in total. The van der Waals surface area contributed by atoms with Crippen LogP contribution in [0.1, 0.15) is 36.0 Å². The third-order valence-corrected chi connectivity index (χ3v) is 4.96. The summed E-state index contributed by atoms with van der Waals surface area (Å²) in [5, 5.41) is 5.11. The first-order chi connectivity index (χ1) is 11.8. The molecule has 0 aliphatic carbocycles. The molecule has 0 radical (unpaired) electrons. The first kappa shape index (κ1) is 19.2. The van der Waals surface area contributed by atoms with Gasteiger partial charge in [0.05, 0.1) is 5.75 Å². The quantitative estimate of drug-likeness (QED) is 0.830. The highest BCUT2D eigenvalue weighted by molar-refractivity contribution is 7.90. The number of likely N-dealkylation sites (tertiary alicyclic amines) is 1. The highest BCUT2D eigenvalue weighted by Crippen LogP contribution is 2.16. The number of anilines is 1. The Kier molecular flexibility index (Phi) is 6.81. The van der Waals surface area contributed by atoms with Gasteiger partial charge in [-0.15, -0.1) is 0 Å². The average Bonchev–Trinajstić information content (AvgIpc) is 2.82. The average molecular weight is 367 g/mol. The first-order valence-corrected chi connectivity index (χ1v) is 10.5. The van der Waals surface area contributed by atoms with Crippen LogP contribution in [0.3, 0.4) is 0 Å². The fourth-order valence-electron chi connectivity index (χ4n) is 2.71. The number of amides is 3. The SMILES string of the molecule is CS(=O)(=O)CCNC(=O)Nc1cccc(C(=O)N2CCCCCC2)c1. The van der Waals surface area contributed by atoms with Crippen LogP contribution in [0.15, 0.2) is 24.3 Å². The predicted octanol–water partition coefficient (Wildman–Crippen LogP) is 1.87. The Labute approximate surface area is 148 Å². The van der Waals surface area contributed by atoms with Gasteiger partial charge >= 0.3 is 6.03 Å². The maximum Gasteiger partial charge on any atom is 0.319 e. The zero-order valence-corrected chi connectivity index (χ0v) is 15.3. The van der Waals surface area contributed by atoms with Crippen LogP contribution in [0.25, 0.3) is 0 Å². The van der Waals surface area contributed by atoms with Crippen LogP contribution in [0.4, 0.5) is 10.5 Å². The normalized spacial score (nSPS) is 15.3. The highest BCUT2D eigenvalue weighted by Gasteiger charge is 2.17. The van der Waals surface area contributed by atoms with E-state index in [1.165, 1.54) is 0 Å². The fraction of sp³-hybridized carbons (Fsp3) is 0.529. The van der Waals surface area contributed by atoms with Crippen LogP contribution >= 0.6 is 0 Å². The molecule has 0 unspecified atom stereocenters. The zero-order chi connectivity index (χ0) is 18.3. The van der Waals surface area contributed by atoms with Crippen LogP contribution in [-0.2, 0) is 9.84 Å². The van der Waals surface area contributed by atoms with Crippen molar-refractivity contribution in [2.24, 2.45) is 0 Å². The topological polar surface area (TPSA) is 95.6 Å². The maximum absolute atomic E-state index is 12.6. The van der Waals surface area contributed by atoms with Crippen molar-refractivity contribution in [3.05, 3.63) is 29.8 Å². The molecule has 1 aliphatic heterocycles. The van der Waals surface area contributed by atoms with Gasteiger partial charge < -0.3 is 15.5 Å². The Morgan fingerprint density at radius 2 is 1.80 bits per heavy atom. The number of hydrogen-bond donors (Lipinski definition) is 2. The molecule has 1 aromatic carbocycles. The second-order valence-electron chi connectivity index (χ2n) is 6.30. The minimum atomic E-state index is -3.12. The minimum Gasteiger partial charge on any atom is -0.339 e. The lowest BCUT2D eigenvalue weighted by Gasteiger charge is -2.20. The summed E-state index contributed by atoms with van der Waals surface area (Å²) in [6, 6.07) is 6.29. The van der Waals surface area contributed by atoms with Gasteiger partial charge in [-0.25, -0.2) is 13.2 Å². The van der Waals surface area contributed by atoms with Crippen LogP contribution in [0, 0.1) is 0 Å². The van der Waals surface area contributed by atoms with E-state index in [0.717, 1.165) is 45.0 Å². The third kappa shape index (κ3) is 6.74. The molecule has 2 rings (SSSR count). The van der Waals surface area contributed by atoms with E-state index in [4.69, 9.17) is 0 Å². The molecule has 3 amide bonds. The zero-order valence-electron chi connectivity index (χ0n) is 14.5. The van der Waals surface area contributed by atoms with Crippen molar-refractivity contribution in [2.45, 2.75) is 25.7 Å². The van der Waals surface area contributed by atoms with Gasteiger partial charge in [0.15, 0.2) is 0 Å². The molecule has 138 valence electrons. The summed E-state index contributed by atoms with van der Waals surface area (Å²) in [6.45, 7) is 1.57. The van der Waals surface area contributed by atoms with E-state index in [9.17, 15) is 18.0 Å². The lowest BCUT2D eigenvalue weighted by molar-refractivity contribution is 0.0761. The fourth-order valence-corrected chi connectivity index (χ4v) is 3.18. The second kappa shape index (κ2) is 8.84. The molecule has 0 atom stereocenters. The first-order valence-electron chi connectivity index (χ1n) is 8.47. The van der Waals surface area contributed by atoms with E-state index < -0.39 is 15.9 Å². The van der Waals surface area contributed by atoms with Crippen molar-refractivity contribution in [3.63, 3.8) is 0 Å². The van der Waals surface area contributed by atoms with Gasteiger partial charge in [-0.1, -0.05) is 18.9 Å². The Bertz CT molecular complexity index is 710. The Balaban J connectivity index is 1.93. The van der Waals surface area contributed by atoms with Gasteiger partial charge in [0.25, 0.3) is 5.91 Å². The molecule has 7 nitrogen and oxygen atoms in total. The van der Waals surface area contributed by atoms with E-state index in [-0.39, 0.29) is 18.2 Å². The summed E-state index contributed by atoms with van der Waals surface area (Å²) in [7, 11) is -3.12.